The van der Waals surface area contributed by atoms with Crippen LogP contribution in [0.25, 0.3) is 0 Å². The summed E-state index contributed by atoms with van der Waals surface area (Å²) in [6, 6.07) is 0. The SMILES string of the molecule is Nc1nnc(S(=O)(=O)N2CCC(CN3CCCC3)CC2)s1. The van der Waals surface area contributed by atoms with Gasteiger partial charge in [-0.25, -0.2) is 8.42 Å². The fraction of sp³-hybridized carbons (Fsp3) is 0.833. The molecule has 21 heavy (non-hydrogen) atoms. The molecule has 2 aliphatic heterocycles. The van der Waals surface area contributed by atoms with Gasteiger partial charge in [0.1, 0.15) is 0 Å². The van der Waals surface area contributed by atoms with Crippen molar-refractivity contribution in [1.82, 2.24) is 19.4 Å². The van der Waals surface area contributed by atoms with E-state index in [1.807, 2.05) is 0 Å². The highest BCUT2D eigenvalue weighted by Gasteiger charge is 2.32. The number of sulfonamides is 1. The molecular formula is C12H21N5O2S2. The van der Waals surface area contributed by atoms with Crippen molar-refractivity contribution in [2.75, 3.05) is 38.5 Å². The summed E-state index contributed by atoms with van der Waals surface area (Å²) in [4.78, 5) is 2.50. The average Bonchev–Trinajstić information content (AvgIpc) is 3.11. The molecule has 0 bridgehead atoms. The van der Waals surface area contributed by atoms with Gasteiger partial charge in [0.25, 0.3) is 10.0 Å². The Morgan fingerprint density at radius 3 is 2.38 bits per heavy atom. The molecule has 0 atom stereocenters. The highest BCUT2D eigenvalue weighted by atomic mass is 32.2. The van der Waals surface area contributed by atoms with Crippen molar-refractivity contribution in [1.29, 1.82) is 0 Å². The highest BCUT2D eigenvalue weighted by molar-refractivity contribution is 7.91. The van der Waals surface area contributed by atoms with Gasteiger partial charge < -0.3 is 10.6 Å². The number of nitrogen functional groups attached to an aromatic ring is 1. The second kappa shape index (κ2) is 6.15. The quantitative estimate of drug-likeness (QED) is 0.869. The van der Waals surface area contributed by atoms with Gasteiger partial charge in [0.15, 0.2) is 0 Å². The van der Waals surface area contributed by atoms with Crippen molar-refractivity contribution in [2.45, 2.75) is 30.0 Å². The zero-order valence-corrected chi connectivity index (χ0v) is 13.6. The minimum Gasteiger partial charge on any atom is -0.374 e. The van der Waals surface area contributed by atoms with E-state index in [0.717, 1.165) is 30.7 Å². The molecule has 0 amide bonds. The number of anilines is 1. The number of likely N-dealkylation sites (tertiary alicyclic amines) is 1. The van der Waals surface area contributed by atoms with E-state index in [1.54, 1.807) is 0 Å². The highest BCUT2D eigenvalue weighted by Crippen LogP contribution is 2.27. The first-order chi connectivity index (χ1) is 10.1. The van der Waals surface area contributed by atoms with Gasteiger partial charge in [-0.05, 0) is 44.7 Å². The van der Waals surface area contributed by atoms with Gasteiger partial charge in [-0.3, -0.25) is 0 Å². The van der Waals surface area contributed by atoms with Crippen LogP contribution in [0.5, 0.6) is 0 Å². The van der Waals surface area contributed by atoms with Crippen molar-refractivity contribution in [3.63, 3.8) is 0 Å². The van der Waals surface area contributed by atoms with Crippen molar-refractivity contribution in [2.24, 2.45) is 5.92 Å². The van der Waals surface area contributed by atoms with Crippen LogP contribution in [-0.4, -0.2) is 60.5 Å². The van der Waals surface area contributed by atoms with Crippen LogP contribution in [0.3, 0.4) is 0 Å². The average molecular weight is 331 g/mol. The number of aromatic nitrogens is 2. The lowest BCUT2D eigenvalue weighted by Gasteiger charge is -2.32. The number of nitrogens with two attached hydrogens (primary N) is 1. The summed E-state index contributed by atoms with van der Waals surface area (Å²) in [7, 11) is -3.51. The second-order valence-electron chi connectivity index (χ2n) is 5.76. The Morgan fingerprint density at radius 2 is 1.81 bits per heavy atom. The van der Waals surface area contributed by atoms with Crippen LogP contribution in [-0.2, 0) is 10.0 Å². The van der Waals surface area contributed by atoms with E-state index in [4.69, 9.17) is 5.73 Å². The molecule has 0 aliphatic carbocycles. The van der Waals surface area contributed by atoms with Crippen LogP contribution in [0, 0.1) is 5.92 Å². The predicted octanol–water partition coefficient (Wildman–Crippen LogP) is 0.617. The molecule has 3 heterocycles. The Morgan fingerprint density at radius 1 is 1.14 bits per heavy atom. The van der Waals surface area contributed by atoms with Gasteiger partial charge in [-0.1, -0.05) is 11.3 Å². The van der Waals surface area contributed by atoms with E-state index >= 15 is 0 Å². The molecule has 1 aromatic heterocycles. The summed E-state index contributed by atoms with van der Waals surface area (Å²) >= 11 is 0.933. The Bertz CT molecular complexity index is 574. The predicted molar refractivity (Wildman–Crippen MR) is 81.5 cm³/mol. The molecule has 0 radical (unpaired) electrons. The van der Waals surface area contributed by atoms with Gasteiger partial charge >= 0.3 is 0 Å². The minimum atomic E-state index is -3.51. The minimum absolute atomic E-state index is 0.0120. The lowest BCUT2D eigenvalue weighted by molar-refractivity contribution is 0.206. The summed E-state index contributed by atoms with van der Waals surface area (Å²) in [5, 5.41) is 7.46. The Labute approximate surface area is 129 Å². The van der Waals surface area contributed by atoms with Crippen LogP contribution in [0.4, 0.5) is 5.13 Å². The summed E-state index contributed by atoms with van der Waals surface area (Å²) in [5.41, 5.74) is 5.47. The zero-order chi connectivity index (χ0) is 14.9. The third-order valence-corrected chi connectivity index (χ3v) is 7.27. The topological polar surface area (TPSA) is 92.4 Å². The molecule has 7 nitrogen and oxygen atoms in total. The van der Waals surface area contributed by atoms with Crippen molar-refractivity contribution in [3.8, 4) is 0 Å². The molecule has 3 rings (SSSR count). The maximum Gasteiger partial charge on any atom is 0.272 e. The van der Waals surface area contributed by atoms with E-state index in [2.05, 4.69) is 15.1 Å². The van der Waals surface area contributed by atoms with Gasteiger partial charge in [0.05, 0.1) is 0 Å². The van der Waals surface area contributed by atoms with Gasteiger partial charge in [-0.15, -0.1) is 10.2 Å². The first-order valence-electron chi connectivity index (χ1n) is 7.37. The van der Waals surface area contributed by atoms with E-state index in [-0.39, 0.29) is 9.47 Å². The molecule has 0 aromatic carbocycles. The van der Waals surface area contributed by atoms with Gasteiger partial charge in [-0.2, -0.15) is 4.31 Å². The zero-order valence-electron chi connectivity index (χ0n) is 11.9. The summed E-state index contributed by atoms with van der Waals surface area (Å²) < 4.78 is 26.4. The first-order valence-corrected chi connectivity index (χ1v) is 9.63. The van der Waals surface area contributed by atoms with Gasteiger partial charge in [0, 0.05) is 19.6 Å². The molecule has 0 spiro atoms. The van der Waals surface area contributed by atoms with Crippen molar-refractivity contribution in [3.05, 3.63) is 0 Å². The third kappa shape index (κ3) is 3.36. The van der Waals surface area contributed by atoms with Crippen LogP contribution in [0.2, 0.25) is 0 Å². The standard InChI is InChI=1S/C12H21N5O2S2/c13-11-14-15-12(20-11)21(18,19)17-7-3-10(4-8-17)9-16-5-1-2-6-16/h10H,1-9H2,(H2,13,14). The summed E-state index contributed by atoms with van der Waals surface area (Å²) in [6.07, 6.45) is 4.44. The van der Waals surface area contributed by atoms with E-state index in [9.17, 15) is 8.42 Å². The molecular weight excluding hydrogens is 310 g/mol. The maximum atomic E-state index is 12.4. The molecule has 9 heteroatoms. The fourth-order valence-corrected chi connectivity index (χ4v) is 5.49. The fourth-order valence-electron chi connectivity index (χ4n) is 3.10. The second-order valence-corrected chi connectivity index (χ2v) is 8.88. The first kappa shape index (κ1) is 15.1. The monoisotopic (exact) mass is 331 g/mol. The number of hydrogen-bond donors (Lipinski definition) is 1. The molecule has 2 saturated heterocycles. The van der Waals surface area contributed by atoms with Crippen LogP contribution in [0.1, 0.15) is 25.7 Å². The summed E-state index contributed by atoms with van der Waals surface area (Å²) in [5.74, 6) is 0.606. The van der Waals surface area contributed by atoms with E-state index in [1.165, 1.54) is 30.2 Å². The normalized spacial score (nSPS) is 22.9. The lowest BCUT2D eigenvalue weighted by Crippen LogP contribution is -2.41. The van der Waals surface area contributed by atoms with E-state index in [0.29, 0.717) is 19.0 Å². The van der Waals surface area contributed by atoms with Crippen LogP contribution >= 0.6 is 11.3 Å². The third-order valence-electron chi connectivity index (χ3n) is 4.27. The smallest absolute Gasteiger partial charge is 0.272 e. The lowest BCUT2D eigenvalue weighted by atomic mass is 9.98. The van der Waals surface area contributed by atoms with Crippen LogP contribution < -0.4 is 5.73 Å². The molecule has 2 aliphatic rings. The largest absolute Gasteiger partial charge is 0.374 e. The number of nitrogens with zero attached hydrogens (tertiary/aromatic N) is 4. The number of hydrogen-bond acceptors (Lipinski definition) is 7. The Hall–Kier alpha value is -0.770. The van der Waals surface area contributed by atoms with Crippen molar-refractivity contribution >= 4 is 26.5 Å². The van der Waals surface area contributed by atoms with E-state index < -0.39 is 10.0 Å². The Kier molecular flexibility index (Phi) is 4.43. The molecule has 1 aromatic rings. The molecule has 2 N–H and O–H groups in total. The molecule has 118 valence electrons. The number of rotatable bonds is 4. The summed E-state index contributed by atoms with van der Waals surface area (Å²) in [6.45, 7) is 4.64. The van der Waals surface area contributed by atoms with Gasteiger partial charge in [0.2, 0.25) is 9.47 Å². The molecule has 0 unspecified atom stereocenters. The molecule has 0 saturated carbocycles. The van der Waals surface area contributed by atoms with Crippen molar-refractivity contribution < 1.29 is 8.42 Å². The van der Waals surface area contributed by atoms with Crippen LogP contribution in [0.15, 0.2) is 4.34 Å². The Balaban J connectivity index is 1.57. The number of piperidine rings is 1. The molecule has 2 fully saturated rings. The maximum absolute atomic E-state index is 12.4.